The molecule has 0 aliphatic carbocycles. The highest BCUT2D eigenvalue weighted by Crippen LogP contribution is 2.33. The standard InChI is InChI=1S/C11H15ClN2O3/c1-11(2,7-15)13(3)9-5-4-8(12)6-10(9)14(16)17/h4-6,15H,7H2,1-3H3. The molecule has 0 spiro atoms. The predicted molar refractivity (Wildman–Crippen MR) is 67.7 cm³/mol. The van der Waals surface area contributed by atoms with Gasteiger partial charge < -0.3 is 10.0 Å². The molecule has 0 aliphatic rings. The zero-order chi connectivity index (χ0) is 13.2. The minimum atomic E-state index is -0.585. The summed E-state index contributed by atoms with van der Waals surface area (Å²) in [6.45, 7) is 3.49. The topological polar surface area (TPSA) is 66.6 Å². The minimum Gasteiger partial charge on any atom is -0.394 e. The Morgan fingerprint density at radius 1 is 1.53 bits per heavy atom. The van der Waals surface area contributed by atoms with Crippen molar-refractivity contribution in [1.82, 2.24) is 0 Å². The molecule has 5 nitrogen and oxygen atoms in total. The summed E-state index contributed by atoms with van der Waals surface area (Å²) in [5.74, 6) is 0. The number of nitro benzene ring substituents is 1. The Balaban J connectivity index is 3.26. The summed E-state index contributed by atoms with van der Waals surface area (Å²) in [7, 11) is 1.70. The predicted octanol–water partition coefficient (Wildman–Crippen LogP) is 2.46. The third-order valence-corrected chi connectivity index (χ3v) is 3.03. The average molecular weight is 259 g/mol. The molecule has 17 heavy (non-hydrogen) atoms. The van der Waals surface area contributed by atoms with Crippen molar-refractivity contribution in [2.24, 2.45) is 0 Å². The molecule has 0 unspecified atom stereocenters. The van der Waals surface area contributed by atoms with Crippen LogP contribution in [-0.2, 0) is 0 Å². The SMILES string of the molecule is CN(c1ccc(Cl)cc1[N+](=O)[O-])C(C)(C)CO. The van der Waals surface area contributed by atoms with Crippen molar-refractivity contribution >= 4 is 23.0 Å². The minimum absolute atomic E-state index is 0.0680. The molecule has 0 saturated carbocycles. The first-order chi connectivity index (χ1) is 7.79. The van der Waals surface area contributed by atoms with E-state index in [0.717, 1.165) is 0 Å². The number of nitro groups is 1. The van der Waals surface area contributed by atoms with Gasteiger partial charge in [0, 0.05) is 18.1 Å². The molecule has 6 heteroatoms. The molecule has 0 saturated heterocycles. The number of benzene rings is 1. The van der Waals surface area contributed by atoms with Crippen LogP contribution in [0.5, 0.6) is 0 Å². The Bertz CT molecular complexity index is 435. The van der Waals surface area contributed by atoms with Crippen LogP contribution in [0, 0.1) is 10.1 Å². The van der Waals surface area contributed by atoms with E-state index in [2.05, 4.69) is 0 Å². The third-order valence-electron chi connectivity index (χ3n) is 2.79. The Kier molecular flexibility index (Phi) is 3.95. The van der Waals surface area contributed by atoms with E-state index in [1.54, 1.807) is 37.9 Å². The quantitative estimate of drug-likeness (QED) is 0.665. The number of aliphatic hydroxyl groups excluding tert-OH is 1. The summed E-state index contributed by atoms with van der Waals surface area (Å²) in [4.78, 5) is 12.1. The van der Waals surface area contributed by atoms with Gasteiger partial charge in [0.05, 0.1) is 17.1 Å². The number of halogens is 1. The lowest BCUT2D eigenvalue weighted by atomic mass is 10.0. The molecule has 0 radical (unpaired) electrons. The van der Waals surface area contributed by atoms with Crippen LogP contribution in [0.3, 0.4) is 0 Å². The smallest absolute Gasteiger partial charge is 0.294 e. The first-order valence-corrected chi connectivity index (χ1v) is 5.46. The van der Waals surface area contributed by atoms with E-state index in [0.29, 0.717) is 10.7 Å². The molecule has 0 amide bonds. The van der Waals surface area contributed by atoms with Gasteiger partial charge in [0.15, 0.2) is 0 Å². The number of nitrogens with zero attached hydrogens (tertiary/aromatic N) is 2. The van der Waals surface area contributed by atoms with E-state index in [-0.39, 0.29) is 12.3 Å². The molecule has 94 valence electrons. The van der Waals surface area contributed by atoms with E-state index in [1.807, 2.05) is 0 Å². The Labute approximate surface area is 105 Å². The summed E-state index contributed by atoms with van der Waals surface area (Å²) in [5, 5.41) is 20.5. The molecular weight excluding hydrogens is 244 g/mol. The number of hydrogen-bond donors (Lipinski definition) is 1. The number of rotatable bonds is 4. The summed E-state index contributed by atoms with van der Waals surface area (Å²) >= 11 is 5.74. The number of aliphatic hydroxyl groups is 1. The van der Waals surface area contributed by atoms with Crippen LogP contribution < -0.4 is 4.90 Å². The van der Waals surface area contributed by atoms with Crippen LogP contribution in [0.1, 0.15) is 13.8 Å². The van der Waals surface area contributed by atoms with Crippen LogP contribution in [-0.4, -0.2) is 29.2 Å². The molecule has 1 aromatic carbocycles. The highest BCUT2D eigenvalue weighted by molar-refractivity contribution is 6.30. The van der Waals surface area contributed by atoms with Crippen LogP contribution >= 0.6 is 11.6 Å². The van der Waals surface area contributed by atoms with Crippen molar-refractivity contribution in [3.05, 3.63) is 33.3 Å². The van der Waals surface area contributed by atoms with E-state index in [1.165, 1.54) is 6.07 Å². The summed E-state index contributed by atoms with van der Waals surface area (Å²) in [5.41, 5.74) is -0.224. The van der Waals surface area contributed by atoms with Gasteiger partial charge in [0.1, 0.15) is 5.69 Å². The van der Waals surface area contributed by atoms with Gasteiger partial charge in [0.25, 0.3) is 5.69 Å². The molecule has 0 bridgehead atoms. The van der Waals surface area contributed by atoms with Crippen molar-refractivity contribution in [3.63, 3.8) is 0 Å². The van der Waals surface area contributed by atoms with Gasteiger partial charge in [-0.25, -0.2) is 0 Å². The fraction of sp³-hybridized carbons (Fsp3) is 0.455. The molecule has 1 N–H and O–H groups in total. The van der Waals surface area contributed by atoms with E-state index in [9.17, 15) is 15.2 Å². The van der Waals surface area contributed by atoms with Gasteiger partial charge in [0.2, 0.25) is 0 Å². The van der Waals surface area contributed by atoms with Gasteiger partial charge in [-0.2, -0.15) is 0 Å². The monoisotopic (exact) mass is 258 g/mol. The van der Waals surface area contributed by atoms with Crippen molar-refractivity contribution in [1.29, 1.82) is 0 Å². The van der Waals surface area contributed by atoms with E-state index >= 15 is 0 Å². The highest BCUT2D eigenvalue weighted by atomic mass is 35.5. The van der Waals surface area contributed by atoms with E-state index in [4.69, 9.17) is 11.6 Å². The Morgan fingerprint density at radius 3 is 2.59 bits per heavy atom. The fourth-order valence-electron chi connectivity index (χ4n) is 1.36. The van der Waals surface area contributed by atoms with Crippen LogP contribution in [0.25, 0.3) is 0 Å². The molecule has 0 heterocycles. The zero-order valence-corrected chi connectivity index (χ0v) is 10.7. The Morgan fingerprint density at radius 2 is 2.12 bits per heavy atom. The number of anilines is 1. The second-order valence-corrected chi connectivity index (χ2v) is 4.86. The Hall–Kier alpha value is -1.33. The molecule has 1 rings (SSSR count). The van der Waals surface area contributed by atoms with Crippen LogP contribution in [0.15, 0.2) is 18.2 Å². The average Bonchev–Trinajstić information content (AvgIpc) is 2.28. The second-order valence-electron chi connectivity index (χ2n) is 4.42. The molecule has 0 aromatic heterocycles. The molecular formula is C11H15ClN2O3. The molecule has 0 atom stereocenters. The van der Waals surface area contributed by atoms with Gasteiger partial charge in [-0.3, -0.25) is 10.1 Å². The largest absolute Gasteiger partial charge is 0.394 e. The maximum atomic E-state index is 11.0. The first kappa shape index (κ1) is 13.7. The van der Waals surface area contributed by atoms with Crippen molar-refractivity contribution < 1.29 is 10.0 Å². The lowest BCUT2D eigenvalue weighted by molar-refractivity contribution is -0.384. The van der Waals surface area contributed by atoms with Crippen molar-refractivity contribution in [3.8, 4) is 0 Å². The maximum absolute atomic E-state index is 11.0. The first-order valence-electron chi connectivity index (χ1n) is 5.08. The molecule has 1 aromatic rings. The maximum Gasteiger partial charge on any atom is 0.294 e. The zero-order valence-electron chi connectivity index (χ0n) is 9.98. The van der Waals surface area contributed by atoms with Gasteiger partial charge in [-0.05, 0) is 26.0 Å². The number of hydrogen-bond acceptors (Lipinski definition) is 4. The molecule has 0 aliphatic heterocycles. The van der Waals surface area contributed by atoms with Crippen LogP contribution in [0.4, 0.5) is 11.4 Å². The molecule has 0 fully saturated rings. The normalized spacial score (nSPS) is 11.4. The van der Waals surface area contributed by atoms with Gasteiger partial charge >= 0.3 is 0 Å². The van der Waals surface area contributed by atoms with Crippen LogP contribution in [0.2, 0.25) is 5.02 Å². The van der Waals surface area contributed by atoms with E-state index < -0.39 is 10.5 Å². The van der Waals surface area contributed by atoms with Crippen molar-refractivity contribution in [2.75, 3.05) is 18.6 Å². The second kappa shape index (κ2) is 4.89. The lowest BCUT2D eigenvalue weighted by Crippen LogP contribution is -2.44. The summed E-state index contributed by atoms with van der Waals surface area (Å²) in [6.07, 6.45) is 0. The van der Waals surface area contributed by atoms with Crippen molar-refractivity contribution in [2.45, 2.75) is 19.4 Å². The summed E-state index contributed by atoms with van der Waals surface area (Å²) in [6, 6.07) is 4.48. The summed E-state index contributed by atoms with van der Waals surface area (Å²) < 4.78 is 0. The fourth-order valence-corrected chi connectivity index (χ4v) is 1.52. The number of likely N-dealkylation sites (N-methyl/N-ethyl adjacent to an activating group) is 1. The highest BCUT2D eigenvalue weighted by Gasteiger charge is 2.28. The van der Waals surface area contributed by atoms with Gasteiger partial charge in [-0.1, -0.05) is 11.6 Å². The third kappa shape index (κ3) is 2.87. The lowest BCUT2D eigenvalue weighted by Gasteiger charge is -2.35. The van der Waals surface area contributed by atoms with Gasteiger partial charge in [-0.15, -0.1) is 0 Å².